The number of aromatic amines is 1. The molecule has 9 nitrogen and oxygen atoms in total. The van der Waals surface area contributed by atoms with Crippen molar-refractivity contribution >= 4 is 40.2 Å². The van der Waals surface area contributed by atoms with E-state index in [0.717, 1.165) is 33.4 Å². The Morgan fingerprint density at radius 2 is 2.00 bits per heavy atom. The Labute approximate surface area is 208 Å². The van der Waals surface area contributed by atoms with Crippen LogP contribution in [-0.2, 0) is 4.74 Å². The van der Waals surface area contributed by atoms with Crippen molar-refractivity contribution in [3.8, 4) is 11.4 Å². The number of amides is 2. The minimum Gasteiger partial charge on any atom is -0.378 e. The number of para-hydroxylation sites is 1. The number of rotatable bonds is 6. The Morgan fingerprint density at radius 1 is 1.17 bits per heavy atom. The molecule has 182 valence electrons. The first-order valence-electron chi connectivity index (χ1n) is 11.7. The standard InChI is InChI=1S/C27H27N7O2/c1-3-4-8-22-18(2)25(29-20-10-11-23-19(16-20)17-28-33-23)32-26(30-22)21-7-5-6-9-24(21)31-27(35)34-12-14-36-15-13-34/h3-11,16-17H,1,12-15H2,2H3,(H,28,33)(H,31,35)(H,29,30,32)/b8-4-. The first-order chi connectivity index (χ1) is 17.6. The van der Waals surface area contributed by atoms with E-state index >= 15 is 0 Å². The third kappa shape index (κ3) is 4.96. The van der Waals surface area contributed by atoms with Gasteiger partial charge in [-0.15, -0.1) is 0 Å². The van der Waals surface area contributed by atoms with Crippen LogP contribution in [0, 0.1) is 6.92 Å². The molecular weight excluding hydrogens is 454 g/mol. The van der Waals surface area contributed by atoms with Crippen molar-refractivity contribution in [1.29, 1.82) is 0 Å². The minimum atomic E-state index is -0.170. The van der Waals surface area contributed by atoms with Gasteiger partial charge in [-0.05, 0) is 43.3 Å². The molecule has 9 heteroatoms. The summed E-state index contributed by atoms with van der Waals surface area (Å²) in [5, 5.41) is 14.5. The van der Waals surface area contributed by atoms with Gasteiger partial charge in [0, 0.05) is 35.3 Å². The zero-order valence-corrected chi connectivity index (χ0v) is 20.0. The van der Waals surface area contributed by atoms with Crippen LogP contribution in [0.15, 0.2) is 67.4 Å². The van der Waals surface area contributed by atoms with Crippen molar-refractivity contribution in [2.24, 2.45) is 0 Å². The van der Waals surface area contributed by atoms with Gasteiger partial charge in [-0.3, -0.25) is 5.10 Å². The maximum atomic E-state index is 12.9. The second-order valence-electron chi connectivity index (χ2n) is 8.37. The van der Waals surface area contributed by atoms with Crippen molar-refractivity contribution in [2.45, 2.75) is 6.92 Å². The molecule has 36 heavy (non-hydrogen) atoms. The van der Waals surface area contributed by atoms with E-state index in [9.17, 15) is 4.79 Å². The fourth-order valence-corrected chi connectivity index (χ4v) is 4.00. The summed E-state index contributed by atoms with van der Waals surface area (Å²) in [5.74, 6) is 1.16. The van der Waals surface area contributed by atoms with Crippen LogP contribution in [-0.4, -0.2) is 57.4 Å². The van der Waals surface area contributed by atoms with Gasteiger partial charge < -0.3 is 20.3 Å². The molecule has 0 saturated carbocycles. The summed E-state index contributed by atoms with van der Waals surface area (Å²) in [6.45, 7) is 7.93. The van der Waals surface area contributed by atoms with Crippen molar-refractivity contribution in [2.75, 3.05) is 36.9 Å². The average Bonchev–Trinajstić information content (AvgIpc) is 3.38. The minimum absolute atomic E-state index is 0.170. The smallest absolute Gasteiger partial charge is 0.322 e. The Balaban J connectivity index is 1.52. The normalized spacial score (nSPS) is 13.8. The molecule has 1 aliphatic rings. The maximum absolute atomic E-state index is 12.9. The molecule has 0 aliphatic carbocycles. The van der Waals surface area contributed by atoms with Crippen LogP contribution in [0.5, 0.6) is 0 Å². The number of hydrogen-bond acceptors (Lipinski definition) is 6. The van der Waals surface area contributed by atoms with Gasteiger partial charge in [0.15, 0.2) is 5.82 Å². The third-order valence-electron chi connectivity index (χ3n) is 5.98. The number of carbonyl (C=O) groups is 1. The highest BCUT2D eigenvalue weighted by atomic mass is 16.5. The summed E-state index contributed by atoms with van der Waals surface area (Å²) in [6, 6.07) is 13.3. The number of hydrogen-bond donors (Lipinski definition) is 3. The number of urea groups is 1. The molecule has 1 fully saturated rings. The van der Waals surface area contributed by atoms with Gasteiger partial charge in [-0.2, -0.15) is 5.10 Å². The van der Waals surface area contributed by atoms with Crippen molar-refractivity contribution in [3.63, 3.8) is 0 Å². The summed E-state index contributed by atoms with van der Waals surface area (Å²) in [5.41, 5.74) is 4.84. The molecule has 2 amide bonds. The number of benzene rings is 2. The van der Waals surface area contributed by atoms with E-state index in [1.807, 2.05) is 61.5 Å². The summed E-state index contributed by atoms with van der Waals surface area (Å²) in [6.07, 6.45) is 7.22. The number of carbonyl (C=O) groups excluding carboxylic acids is 1. The lowest BCUT2D eigenvalue weighted by atomic mass is 10.1. The molecule has 0 radical (unpaired) electrons. The monoisotopic (exact) mass is 481 g/mol. The Bertz CT molecular complexity index is 1440. The van der Waals surface area contributed by atoms with Gasteiger partial charge in [-0.1, -0.05) is 30.9 Å². The molecule has 0 atom stereocenters. The average molecular weight is 482 g/mol. The lowest BCUT2D eigenvalue weighted by molar-refractivity contribution is 0.0564. The molecule has 3 heterocycles. The fraction of sp³-hybridized carbons (Fsp3) is 0.185. The van der Waals surface area contributed by atoms with E-state index in [2.05, 4.69) is 27.4 Å². The number of allylic oxidation sites excluding steroid dienone is 2. The van der Waals surface area contributed by atoms with Crippen molar-refractivity contribution in [3.05, 3.63) is 78.6 Å². The number of fused-ring (bicyclic) bond motifs is 1. The van der Waals surface area contributed by atoms with Gasteiger partial charge in [0.2, 0.25) is 0 Å². The molecule has 3 N–H and O–H groups in total. The lowest BCUT2D eigenvalue weighted by Crippen LogP contribution is -2.43. The predicted octanol–water partition coefficient (Wildman–Crippen LogP) is 5.14. The summed E-state index contributed by atoms with van der Waals surface area (Å²) in [4.78, 5) is 24.3. The van der Waals surface area contributed by atoms with Crippen LogP contribution in [0.4, 0.5) is 22.0 Å². The molecule has 1 aliphatic heterocycles. The van der Waals surface area contributed by atoms with Gasteiger partial charge in [0.05, 0.1) is 36.3 Å². The Morgan fingerprint density at radius 3 is 2.83 bits per heavy atom. The van der Waals surface area contributed by atoms with Crippen LogP contribution < -0.4 is 10.6 Å². The highest BCUT2D eigenvalue weighted by Gasteiger charge is 2.20. The largest absolute Gasteiger partial charge is 0.378 e. The van der Waals surface area contributed by atoms with E-state index in [4.69, 9.17) is 14.7 Å². The molecule has 0 spiro atoms. The van der Waals surface area contributed by atoms with Crippen LogP contribution in [0.3, 0.4) is 0 Å². The molecule has 1 saturated heterocycles. The van der Waals surface area contributed by atoms with Crippen LogP contribution in [0.25, 0.3) is 28.4 Å². The summed E-state index contributed by atoms with van der Waals surface area (Å²) < 4.78 is 5.36. The zero-order chi connectivity index (χ0) is 24.9. The first kappa shape index (κ1) is 23.3. The van der Waals surface area contributed by atoms with E-state index in [0.29, 0.717) is 43.6 Å². The molecule has 0 unspecified atom stereocenters. The Hall–Kier alpha value is -4.50. The van der Waals surface area contributed by atoms with Crippen LogP contribution in [0.1, 0.15) is 11.3 Å². The topological polar surface area (TPSA) is 108 Å². The number of anilines is 3. The van der Waals surface area contributed by atoms with E-state index < -0.39 is 0 Å². The number of nitrogens with one attached hydrogen (secondary N) is 3. The SMILES string of the molecule is C=C/C=C\c1nc(-c2ccccc2NC(=O)N2CCOCC2)nc(Nc2ccc3[nH]ncc3c2)c1C. The van der Waals surface area contributed by atoms with Gasteiger partial charge in [0.1, 0.15) is 5.82 Å². The lowest BCUT2D eigenvalue weighted by Gasteiger charge is -2.27. The van der Waals surface area contributed by atoms with Gasteiger partial charge in [-0.25, -0.2) is 14.8 Å². The first-order valence-corrected chi connectivity index (χ1v) is 11.7. The number of ether oxygens (including phenoxy) is 1. The second-order valence-corrected chi connectivity index (χ2v) is 8.37. The molecular formula is C27H27N7O2. The maximum Gasteiger partial charge on any atom is 0.322 e. The predicted molar refractivity (Wildman–Crippen MR) is 142 cm³/mol. The molecule has 4 aromatic rings. The van der Waals surface area contributed by atoms with Crippen LogP contribution in [0.2, 0.25) is 0 Å². The highest BCUT2D eigenvalue weighted by Crippen LogP contribution is 2.30. The second kappa shape index (κ2) is 10.4. The summed E-state index contributed by atoms with van der Waals surface area (Å²) >= 11 is 0. The third-order valence-corrected chi connectivity index (χ3v) is 5.98. The molecule has 2 aromatic carbocycles. The number of nitrogens with zero attached hydrogens (tertiary/aromatic N) is 4. The number of morpholine rings is 1. The zero-order valence-electron chi connectivity index (χ0n) is 20.0. The highest BCUT2D eigenvalue weighted by molar-refractivity contribution is 5.94. The van der Waals surface area contributed by atoms with E-state index in [1.54, 1.807) is 17.2 Å². The van der Waals surface area contributed by atoms with Gasteiger partial charge >= 0.3 is 6.03 Å². The van der Waals surface area contributed by atoms with Crippen molar-refractivity contribution < 1.29 is 9.53 Å². The number of aromatic nitrogens is 4. The van der Waals surface area contributed by atoms with Crippen molar-refractivity contribution in [1.82, 2.24) is 25.1 Å². The molecule has 2 aromatic heterocycles. The van der Waals surface area contributed by atoms with Crippen LogP contribution >= 0.6 is 0 Å². The fourth-order valence-electron chi connectivity index (χ4n) is 4.00. The molecule has 5 rings (SSSR count). The van der Waals surface area contributed by atoms with E-state index in [-0.39, 0.29) is 6.03 Å². The number of H-pyrrole nitrogens is 1. The molecule has 0 bridgehead atoms. The summed E-state index contributed by atoms with van der Waals surface area (Å²) in [7, 11) is 0. The van der Waals surface area contributed by atoms with Gasteiger partial charge in [0.25, 0.3) is 0 Å². The quantitative estimate of drug-likeness (QED) is 0.329. The van der Waals surface area contributed by atoms with E-state index in [1.165, 1.54) is 0 Å². The Kier molecular flexibility index (Phi) is 6.72.